The molecular weight excluding hydrogens is 258 g/mol. The number of carbonyl (C=O) groups is 2. The Labute approximate surface area is 120 Å². The summed E-state index contributed by atoms with van der Waals surface area (Å²) in [7, 11) is 0. The molecule has 0 heterocycles. The van der Waals surface area contributed by atoms with Gasteiger partial charge in [-0.15, -0.1) is 0 Å². The van der Waals surface area contributed by atoms with Crippen LogP contribution in [0.15, 0.2) is 11.3 Å². The summed E-state index contributed by atoms with van der Waals surface area (Å²) in [4.78, 5) is 22.9. The predicted molar refractivity (Wildman–Crippen MR) is 76.9 cm³/mol. The van der Waals surface area contributed by atoms with Crippen molar-refractivity contribution in [1.29, 1.82) is 0 Å². The van der Waals surface area contributed by atoms with Crippen LogP contribution < -0.4 is 16.4 Å². The monoisotopic (exact) mass is 283 g/mol. The highest BCUT2D eigenvalue weighted by Gasteiger charge is 2.26. The van der Waals surface area contributed by atoms with Crippen molar-refractivity contribution in [3.63, 3.8) is 0 Å². The second-order valence-electron chi connectivity index (χ2n) is 6.15. The summed E-state index contributed by atoms with van der Waals surface area (Å²) in [6.07, 6.45) is 1.49. The van der Waals surface area contributed by atoms with E-state index in [1.165, 1.54) is 5.57 Å². The van der Waals surface area contributed by atoms with Gasteiger partial charge in [-0.25, -0.2) is 4.79 Å². The molecule has 0 aliphatic heterocycles. The quantitative estimate of drug-likeness (QED) is 0.711. The standard InChI is InChI=1S/C14H25N3O3/c1-8(17-13(19)20-14(3,4)5)11(10-6-7-10)16-9(2)12(15)18/h8-9,16H,6-7H2,1-5H3,(H2,15,18)(H,17,19)/t8?,9-/m0/s1. The fourth-order valence-corrected chi connectivity index (χ4v) is 1.73. The molecule has 1 rings (SSSR count). The van der Waals surface area contributed by atoms with E-state index in [0.717, 1.165) is 18.5 Å². The van der Waals surface area contributed by atoms with E-state index in [9.17, 15) is 9.59 Å². The van der Waals surface area contributed by atoms with E-state index < -0.39 is 23.6 Å². The molecule has 1 aliphatic carbocycles. The number of rotatable bonds is 5. The average Bonchev–Trinajstić information content (AvgIpc) is 3.05. The van der Waals surface area contributed by atoms with E-state index >= 15 is 0 Å². The minimum Gasteiger partial charge on any atom is -0.444 e. The second kappa shape index (κ2) is 6.15. The number of carbonyl (C=O) groups excluding carboxylic acids is 2. The first-order valence-corrected chi connectivity index (χ1v) is 6.87. The molecule has 0 bridgehead atoms. The van der Waals surface area contributed by atoms with Gasteiger partial charge in [-0.05, 0) is 53.0 Å². The Morgan fingerprint density at radius 1 is 1.15 bits per heavy atom. The maximum absolute atomic E-state index is 11.8. The molecule has 0 radical (unpaired) electrons. The molecule has 0 aromatic carbocycles. The van der Waals surface area contributed by atoms with Gasteiger partial charge in [-0.3, -0.25) is 4.79 Å². The van der Waals surface area contributed by atoms with Crippen LogP contribution in [0.1, 0.15) is 47.5 Å². The highest BCUT2D eigenvalue weighted by Crippen LogP contribution is 2.32. The number of alkyl carbamates (subject to hydrolysis) is 1. The van der Waals surface area contributed by atoms with Crippen molar-refractivity contribution >= 4 is 12.0 Å². The number of hydrogen-bond donors (Lipinski definition) is 3. The number of allylic oxidation sites excluding steroid dienone is 1. The first-order chi connectivity index (χ1) is 9.10. The van der Waals surface area contributed by atoms with Crippen molar-refractivity contribution in [2.75, 3.05) is 0 Å². The van der Waals surface area contributed by atoms with Gasteiger partial charge in [-0.2, -0.15) is 0 Å². The molecule has 0 aromatic heterocycles. The van der Waals surface area contributed by atoms with Gasteiger partial charge in [0.15, 0.2) is 0 Å². The molecule has 1 unspecified atom stereocenters. The van der Waals surface area contributed by atoms with Crippen LogP contribution in [0, 0.1) is 0 Å². The lowest BCUT2D eigenvalue weighted by molar-refractivity contribution is -0.119. The lowest BCUT2D eigenvalue weighted by atomic mass is 10.2. The molecule has 6 heteroatoms. The highest BCUT2D eigenvalue weighted by atomic mass is 16.6. The molecule has 1 fully saturated rings. The Morgan fingerprint density at radius 3 is 2.10 bits per heavy atom. The van der Waals surface area contributed by atoms with Crippen molar-refractivity contribution in [2.45, 2.75) is 65.1 Å². The Kier molecular flexibility index (Phi) is 5.03. The van der Waals surface area contributed by atoms with E-state index in [1.807, 2.05) is 27.7 Å². The largest absolute Gasteiger partial charge is 0.444 e. The topological polar surface area (TPSA) is 93.4 Å². The van der Waals surface area contributed by atoms with Crippen molar-refractivity contribution < 1.29 is 14.3 Å². The molecule has 4 N–H and O–H groups in total. The van der Waals surface area contributed by atoms with E-state index in [2.05, 4.69) is 10.6 Å². The molecule has 0 spiro atoms. The van der Waals surface area contributed by atoms with Crippen molar-refractivity contribution in [2.24, 2.45) is 5.73 Å². The number of nitrogens with one attached hydrogen (secondary N) is 2. The maximum Gasteiger partial charge on any atom is 0.408 e. The summed E-state index contributed by atoms with van der Waals surface area (Å²) in [6, 6.07) is -0.717. The fraction of sp³-hybridized carbons (Fsp3) is 0.714. The van der Waals surface area contributed by atoms with Gasteiger partial charge in [0.05, 0.1) is 6.04 Å². The van der Waals surface area contributed by atoms with Crippen molar-refractivity contribution in [3.8, 4) is 0 Å². The number of amides is 2. The van der Waals surface area contributed by atoms with E-state index in [1.54, 1.807) is 6.92 Å². The maximum atomic E-state index is 11.8. The lowest BCUT2D eigenvalue weighted by Gasteiger charge is -2.25. The first-order valence-electron chi connectivity index (χ1n) is 6.87. The van der Waals surface area contributed by atoms with E-state index in [4.69, 9.17) is 10.5 Å². The zero-order valence-electron chi connectivity index (χ0n) is 12.9. The average molecular weight is 283 g/mol. The van der Waals surface area contributed by atoms with Crippen LogP contribution >= 0.6 is 0 Å². The molecule has 114 valence electrons. The molecule has 20 heavy (non-hydrogen) atoms. The molecule has 0 saturated heterocycles. The highest BCUT2D eigenvalue weighted by molar-refractivity contribution is 5.79. The predicted octanol–water partition coefficient (Wildman–Crippen LogP) is 1.41. The van der Waals surface area contributed by atoms with Crippen LogP contribution in [0.3, 0.4) is 0 Å². The molecule has 1 saturated carbocycles. The van der Waals surface area contributed by atoms with Gasteiger partial charge in [0.2, 0.25) is 5.91 Å². The minimum atomic E-state index is -0.537. The summed E-state index contributed by atoms with van der Waals surface area (Å²) < 4.78 is 5.22. The van der Waals surface area contributed by atoms with E-state index in [-0.39, 0.29) is 6.04 Å². The zero-order chi connectivity index (χ0) is 15.5. The fourth-order valence-electron chi connectivity index (χ4n) is 1.73. The third-order valence-electron chi connectivity index (χ3n) is 2.85. The summed E-state index contributed by atoms with van der Waals surface area (Å²) >= 11 is 0. The third-order valence-corrected chi connectivity index (χ3v) is 2.85. The second-order valence-corrected chi connectivity index (χ2v) is 6.15. The molecule has 2 atom stereocenters. The van der Waals surface area contributed by atoms with Gasteiger partial charge >= 0.3 is 6.09 Å². The summed E-state index contributed by atoms with van der Waals surface area (Å²) in [5, 5.41) is 5.85. The van der Waals surface area contributed by atoms with Gasteiger partial charge < -0.3 is 21.1 Å². The lowest BCUT2D eigenvalue weighted by Crippen LogP contribution is -2.46. The SMILES string of the molecule is CC(NC(=O)OC(C)(C)C)C(N[C@@H](C)C(N)=O)=C1CC1. The molecular formula is C14H25N3O3. The van der Waals surface area contributed by atoms with Crippen LogP contribution in [-0.4, -0.2) is 29.7 Å². The van der Waals surface area contributed by atoms with Crippen LogP contribution in [-0.2, 0) is 9.53 Å². The number of nitrogens with two attached hydrogens (primary N) is 1. The van der Waals surface area contributed by atoms with Crippen molar-refractivity contribution in [1.82, 2.24) is 10.6 Å². The van der Waals surface area contributed by atoms with Gasteiger partial charge in [-0.1, -0.05) is 0 Å². The van der Waals surface area contributed by atoms with Crippen molar-refractivity contribution in [3.05, 3.63) is 11.3 Å². The Hall–Kier alpha value is -1.72. The molecule has 1 aliphatic rings. The Bertz CT molecular complexity index is 418. The van der Waals surface area contributed by atoms with Gasteiger partial charge in [0, 0.05) is 5.70 Å². The third kappa shape index (κ3) is 5.50. The van der Waals surface area contributed by atoms with Crippen LogP contribution in [0.2, 0.25) is 0 Å². The van der Waals surface area contributed by atoms with Crippen LogP contribution in [0.4, 0.5) is 4.79 Å². The van der Waals surface area contributed by atoms with Gasteiger partial charge in [0.25, 0.3) is 0 Å². The first kappa shape index (κ1) is 16.3. The van der Waals surface area contributed by atoms with Gasteiger partial charge in [0.1, 0.15) is 11.6 Å². The zero-order valence-corrected chi connectivity index (χ0v) is 12.9. The number of ether oxygens (including phenoxy) is 1. The summed E-state index contributed by atoms with van der Waals surface area (Å²) in [6.45, 7) is 8.98. The Morgan fingerprint density at radius 2 is 1.70 bits per heavy atom. The van der Waals surface area contributed by atoms with Crippen LogP contribution in [0.25, 0.3) is 0 Å². The number of primary amides is 1. The normalized spacial score (nSPS) is 16.9. The minimum absolute atomic E-state index is 0.246. The smallest absolute Gasteiger partial charge is 0.408 e. The van der Waals surface area contributed by atoms with Crippen LogP contribution in [0.5, 0.6) is 0 Å². The molecule has 0 aromatic rings. The Balaban J connectivity index is 2.63. The van der Waals surface area contributed by atoms with E-state index in [0.29, 0.717) is 0 Å². The number of hydrogen-bond acceptors (Lipinski definition) is 4. The molecule has 2 amide bonds. The molecule has 6 nitrogen and oxygen atoms in total. The summed E-state index contributed by atoms with van der Waals surface area (Å²) in [5.41, 5.74) is 6.79. The summed E-state index contributed by atoms with van der Waals surface area (Å²) in [5.74, 6) is -0.423.